The largest absolute Gasteiger partial charge is 0.328 e. The molecule has 0 radical (unpaired) electrons. The number of piperidine rings is 1. The minimum Gasteiger partial charge on any atom is -0.328 e. The molecular formula is C16H22ClN3. The van der Waals surface area contributed by atoms with E-state index in [2.05, 4.69) is 29.8 Å². The molecule has 1 aromatic heterocycles. The lowest BCUT2D eigenvalue weighted by atomic mass is 9.80. The Balaban J connectivity index is 2.15. The van der Waals surface area contributed by atoms with Gasteiger partial charge in [0, 0.05) is 17.0 Å². The number of halogens is 1. The molecule has 2 aromatic rings. The van der Waals surface area contributed by atoms with Crippen LogP contribution in [-0.2, 0) is 12.0 Å². The van der Waals surface area contributed by atoms with E-state index in [-0.39, 0.29) is 5.41 Å². The molecule has 1 aromatic carbocycles. The molecule has 3 rings (SSSR count). The molecule has 0 unspecified atom stereocenters. The highest BCUT2D eigenvalue weighted by Gasteiger charge is 2.33. The van der Waals surface area contributed by atoms with Crippen molar-refractivity contribution in [2.24, 2.45) is 0 Å². The number of fused-ring (bicyclic) bond motifs is 1. The maximum absolute atomic E-state index is 6.12. The van der Waals surface area contributed by atoms with Crippen molar-refractivity contribution in [1.82, 2.24) is 14.9 Å². The molecule has 1 N–H and O–H groups in total. The van der Waals surface area contributed by atoms with Crippen LogP contribution in [0.5, 0.6) is 0 Å². The fourth-order valence-electron chi connectivity index (χ4n) is 3.22. The van der Waals surface area contributed by atoms with Gasteiger partial charge < -0.3 is 9.88 Å². The highest BCUT2D eigenvalue weighted by atomic mass is 35.5. The van der Waals surface area contributed by atoms with E-state index in [1.807, 2.05) is 12.1 Å². The van der Waals surface area contributed by atoms with Crippen LogP contribution < -0.4 is 5.32 Å². The third-order valence-electron chi connectivity index (χ3n) is 4.40. The topological polar surface area (TPSA) is 29.9 Å². The summed E-state index contributed by atoms with van der Waals surface area (Å²) in [4.78, 5) is 4.94. The Bertz CT molecular complexity index is 611. The first-order valence-corrected chi connectivity index (χ1v) is 7.89. The fourth-order valence-corrected chi connectivity index (χ4v) is 3.38. The van der Waals surface area contributed by atoms with Crippen LogP contribution in [0, 0.1) is 0 Å². The van der Waals surface area contributed by atoms with E-state index in [1.165, 1.54) is 11.3 Å². The highest BCUT2D eigenvalue weighted by molar-refractivity contribution is 6.31. The predicted molar refractivity (Wildman–Crippen MR) is 84.5 cm³/mol. The highest BCUT2D eigenvalue weighted by Crippen LogP contribution is 2.35. The number of aryl methyl sites for hydroxylation is 1. The van der Waals surface area contributed by atoms with E-state index >= 15 is 0 Å². The maximum Gasteiger partial charge on any atom is 0.115 e. The number of imidazole rings is 1. The smallest absolute Gasteiger partial charge is 0.115 e. The lowest BCUT2D eigenvalue weighted by Gasteiger charge is -2.34. The van der Waals surface area contributed by atoms with Gasteiger partial charge in [0.1, 0.15) is 5.82 Å². The quantitative estimate of drug-likeness (QED) is 0.933. The van der Waals surface area contributed by atoms with Crippen LogP contribution >= 0.6 is 11.6 Å². The van der Waals surface area contributed by atoms with Crippen LogP contribution in [0.25, 0.3) is 11.0 Å². The Morgan fingerprint density at radius 2 is 2.10 bits per heavy atom. The van der Waals surface area contributed by atoms with Crippen LogP contribution in [0.3, 0.4) is 0 Å². The molecule has 2 heterocycles. The molecule has 1 saturated heterocycles. The van der Waals surface area contributed by atoms with Gasteiger partial charge in [-0.05, 0) is 50.6 Å². The van der Waals surface area contributed by atoms with Gasteiger partial charge >= 0.3 is 0 Å². The molecule has 0 spiro atoms. The predicted octanol–water partition coefficient (Wildman–Crippen LogP) is 3.74. The average Bonchev–Trinajstić information content (AvgIpc) is 2.79. The van der Waals surface area contributed by atoms with Gasteiger partial charge in [-0.25, -0.2) is 4.98 Å². The lowest BCUT2D eigenvalue weighted by Crippen LogP contribution is -2.39. The van der Waals surface area contributed by atoms with Crippen molar-refractivity contribution in [3.63, 3.8) is 0 Å². The molecule has 1 aliphatic heterocycles. The summed E-state index contributed by atoms with van der Waals surface area (Å²) in [5.74, 6) is 1.23. The maximum atomic E-state index is 6.12. The van der Waals surface area contributed by atoms with Crippen molar-refractivity contribution in [2.45, 2.75) is 45.1 Å². The van der Waals surface area contributed by atoms with Crippen molar-refractivity contribution in [3.8, 4) is 0 Å². The van der Waals surface area contributed by atoms with Gasteiger partial charge in [-0.2, -0.15) is 0 Å². The Kier molecular flexibility index (Phi) is 3.74. The summed E-state index contributed by atoms with van der Waals surface area (Å²) in [6, 6.07) is 6.05. The zero-order valence-electron chi connectivity index (χ0n) is 12.2. The average molecular weight is 292 g/mol. The number of nitrogens with one attached hydrogen (secondary N) is 1. The van der Waals surface area contributed by atoms with E-state index in [9.17, 15) is 0 Å². The zero-order valence-corrected chi connectivity index (χ0v) is 13.0. The van der Waals surface area contributed by atoms with Crippen LogP contribution in [0.4, 0.5) is 0 Å². The lowest BCUT2D eigenvalue weighted by molar-refractivity contribution is 0.309. The van der Waals surface area contributed by atoms with Crippen molar-refractivity contribution < 1.29 is 0 Å². The summed E-state index contributed by atoms with van der Waals surface area (Å²) in [6.07, 6.45) is 3.41. The van der Waals surface area contributed by atoms with Gasteiger partial charge in [-0.3, -0.25) is 0 Å². The van der Waals surface area contributed by atoms with Gasteiger partial charge in [0.25, 0.3) is 0 Å². The first-order chi connectivity index (χ1) is 9.64. The number of hydrogen-bond donors (Lipinski definition) is 1. The second-order valence-electron chi connectivity index (χ2n) is 6.03. The van der Waals surface area contributed by atoms with E-state index in [4.69, 9.17) is 16.6 Å². The summed E-state index contributed by atoms with van der Waals surface area (Å²) in [6.45, 7) is 7.74. The number of aromatic nitrogens is 2. The number of nitrogens with zero attached hydrogens (tertiary/aromatic N) is 2. The first kappa shape index (κ1) is 13.9. The van der Waals surface area contributed by atoms with Crippen LogP contribution in [0.15, 0.2) is 18.2 Å². The zero-order chi connectivity index (χ0) is 14.2. The van der Waals surface area contributed by atoms with Crippen molar-refractivity contribution >= 4 is 22.6 Å². The Morgan fingerprint density at radius 1 is 1.35 bits per heavy atom. The summed E-state index contributed by atoms with van der Waals surface area (Å²) in [5, 5.41) is 4.21. The Morgan fingerprint density at radius 3 is 2.80 bits per heavy atom. The summed E-state index contributed by atoms with van der Waals surface area (Å²) >= 11 is 6.12. The molecular weight excluding hydrogens is 270 g/mol. The van der Waals surface area contributed by atoms with Crippen molar-refractivity contribution in [3.05, 3.63) is 29.0 Å². The first-order valence-electron chi connectivity index (χ1n) is 7.51. The number of hydrogen-bond acceptors (Lipinski definition) is 2. The van der Waals surface area contributed by atoms with Gasteiger partial charge in [0.2, 0.25) is 0 Å². The molecule has 3 nitrogen and oxygen atoms in total. The van der Waals surface area contributed by atoms with Crippen molar-refractivity contribution in [2.75, 3.05) is 13.1 Å². The Labute approximate surface area is 125 Å². The van der Waals surface area contributed by atoms with E-state index in [1.54, 1.807) is 0 Å². The minimum absolute atomic E-state index is 0.173. The third-order valence-corrected chi connectivity index (χ3v) is 4.64. The summed E-state index contributed by atoms with van der Waals surface area (Å²) < 4.78 is 2.40. The summed E-state index contributed by atoms with van der Waals surface area (Å²) in [5.41, 5.74) is 2.41. The molecule has 0 amide bonds. The molecule has 0 atom stereocenters. The molecule has 0 aliphatic carbocycles. The molecule has 0 bridgehead atoms. The second kappa shape index (κ2) is 5.38. The van der Waals surface area contributed by atoms with Crippen molar-refractivity contribution in [1.29, 1.82) is 0 Å². The molecule has 1 aliphatic rings. The second-order valence-corrected chi connectivity index (χ2v) is 6.47. The molecule has 4 heteroatoms. The van der Waals surface area contributed by atoms with Gasteiger partial charge in [0.15, 0.2) is 0 Å². The standard InChI is InChI=1S/C16H22ClN3/c1-3-10-20-14-5-4-12(17)11-13(14)19-15(20)16(2)6-8-18-9-7-16/h4-5,11,18H,3,6-10H2,1-2H3. The minimum atomic E-state index is 0.173. The van der Waals surface area contributed by atoms with Gasteiger partial charge in [-0.1, -0.05) is 25.4 Å². The monoisotopic (exact) mass is 291 g/mol. The number of rotatable bonds is 3. The van der Waals surface area contributed by atoms with Crippen LogP contribution in [0.2, 0.25) is 5.02 Å². The van der Waals surface area contributed by atoms with Crippen LogP contribution in [0.1, 0.15) is 38.9 Å². The Hall–Kier alpha value is -1.06. The molecule has 20 heavy (non-hydrogen) atoms. The van der Waals surface area contributed by atoms with Gasteiger partial charge in [0.05, 0.1) is 11.0 Å². The van der Waals surface area contributed by atoms with E-state index < -0.39 is 0 Å². The molecule has 0 saturated carbocycles. The number of benzene rings is 1. The third kappa shape index (κ3) is 2.33. The van der Waals surface area contributed by atoms with E-state index in [0.29, 0.717) is 0 Å². The van der Waals surface area contributed by atoms with Crippen LogP contribution in [-0.4, -0.2) is 22.6 Å². The summed E-state index contributed by atoms with van der Waals surface area (Å²) in [7, 11) is 0. The normalized spacial score (nSPS) is 18.6. The SMILES string of the molecule is CCCn1c(C2(C)CCNCC2)nc2cc(Cl)ccc21. The van der Waals surface area contributed by atoms with E-state index in [0.717, 1.165) is 49.4 Å². The molecule has 1 fully saturated rings. The fraction of sp³-hybridized carbons (Fsp3) is 0.562. The molecule has 108 valence electrons. The van der Waals surface area contributed by atoms with Gasteiger partial charge in [-0.15, -0.1) is 0 Å².